The van der Waals surface area contributed by atoms with Crippen molar-refractivity contribution in [2.45, 2.75) is 19.4 Å². The van der Waals surface area contributed by atoms with E-state index in [1.54, 1.807) is 6.07 Å². The van der Waals surface area contributed by atoms with E-state index in [4.69, 9.17) is 14.9 Å². The quantitative estimate of drug-likeness (QED) is 0.353. The highest BCUT2D eigenvalue weighted by atomic mass is 16.6. The van der Waals surface area contributed by atoms with Gasteiger partial charge in [0.15, 0.2) is 0 Å². The predicted molar refractivity (Wildman–Crippen MR) is 104 cm³/mol. The summed E-state index contributed by atoms with van der Waals surface area (Å²) in [5.74, 6) is 0.0534. The third-order valence-corrected chi connectivity index (χ3v) is 4.25. The monoisotopic (exact) mass is 394 g/mol. The average molecular weight is 394 g/mol. The molecule has 3 rings (SSSR count). The molecule has 0 saturated carbocycles. The maximum Gasteiger partial charge on any atom is 0.306 e. The summed E-state index contributed by atoms with van der Waals surface area (Å²) in [5.41, 5.74) is 5.94. The van der Waals surface area contributed by atoms with E-state index in [1.807, 2.05) is 36.4 Å². The fourth-order valence-electron chi connectivity index (χ4n) is 2.73. The molecule has 0 fully saturated rings. The number of aryl methyl sites for hydroxylation is 1. The third kappa shape index (κ3) is 5.07. The molecule has 0 aliphatic heterocycles. The van der Waals surface area contributed by atoms with Crippen molar-refractivity contribution in [3.63, 3.8) is 0 Å². The lowest BCUT2D eigenvalue weighted by Gasteiger charge is -2.06. The first-order valence-electron chi connectivity index (χ1n) is 8.81. The summed E-state index contributed by atoms with van der Waals surface area (Å²) < 4.78 is 10.9. The van der Waals surface area contributed by atoms with E-state index in [0.717, 1.165) is 11.6 Å². The summed E-state index contributed by atoms with van der Waals surface area (Å²) in [7, 11) is 0. The molecule has 0 unspecified atom stereocenters. The predicted octanol–water partition coefficient (Wildman–Crippen LogP) is 3.63. The van der Waals surface area contributed by atoms with Gasteiger partial charge in [0.05, 0.1) is 16.9 Å². The number of furan rings is 1. The zero-order valence-corrected chi connectivity index (χ0v) is 15.4. The number of nitrogens with zero attached hydrogens (tertiary/aromatic N) is 1. The second kappa shape index (κ2) is 8.83. The van der Waals surface area contributed by atoms with E-state index in [2.05, 4.69) is 0 Å². The van der Waals surface area contributed by atoms with E-state index < -0.39 is 16.8 Å². The first-order chi connectivity index (χ1) is 13.9. The van der Waals surface area contributed by atoms with Gasteiger partial charge in [-0.2, -0.15) is 0 Å². The van der Waals surface area contributed by atoms with Gasteiger partial charge in [-0.1, -0.05) is 30.3 Å². The highest BCUT2D eigenvalue weighted by molar-refractivity contribution is 5.93. The lowest BCUT2D eigenvalue weighted by Crippen LogP contribution is -2.12. The highest BCUT2D eigenvalue weighted by Crippen LogP contribution is 2.23. The maximum atomic E-state index is 12.0. The van der Waals surface area contributed by atoms with Gasteiger partial charge in [0, 0.05) is 23.6 Å². The molecule has 29 heavy (non-hydrogen) atoms. The molecule has 0 radical (unpaired) electrons. The molecular weight excluding hydrogens is 376 g/mol. The number of benzene rings is 2. The van der Waals surface area contributed by atoms with Crippen LogP contribution in [0.15, 0.2) is 65.1 Å². The maximum absolute atomic E-state index is 12.0. The standard InChI is InChI=1S/C21H18N2O6/c22-21(25)15-6-7-16(18(12-15)23(26)27)13-28-20(24)11-9-17-8-10-19(29-17)14-4-2-1-3-5-14/h1-8,10,12H,9,11,13H2,(H2,22,25). The molecule has 0 atom stereocenters. The van der Waals surface area contributed by atoms with Crippen LogP contribution in [0, 0.1) is 10.1 Å². The van der Waals surface area contributed by atoms with Crippen molar-refractivity contribution < 1.29 is 23.7 Å². The molecule has 2 N–H and O–H groups in total. The largest absolute Gasteiger partial charge is 0.461 e. The molecule has 0 aliphatic carbocycles. The number of hydrogen-bond donors (Lipinski definition) is 1. The minimum absolute atomic E-state index is 0.0128. The number of nitro benzene ring substituents is 1. The highest BCUT2D eigenvalue weighted by Gasteiger charge is 2.18. The molecule has 0 aliphatic rings. The van der Waals surface area contributed by atoms with Crippen molar-refractivity contribution in [2.75, 3.05) is 0 Å². The Morgan fingerprint density at radius 3 is 2.52 bits per heavy atom. The Bertz CT molecular complexity index is 1040. The van der Waals surface area contributed by atoms with Gasteiger partial charge in [-0.3, -0.25) is 19.7 Å². The molecule has 8 nitrogen and oxygen atoms in total. The van der Waals surface area contributed by atoms with Crippen LogP contribution >= 0.6 is 0 Å². The molecule has 1 aromatic heterocycles. The summed E-state index contributed by atoms with van der Waals surface area (Å²) in [6.07, 6.45) is 0.406. The number of rotatable bonds is 8. The van der Waals surface area contributed by atoms with Crippen molar-refractivity contribution in [3.05, 3.63) is 87.7 Å². The second-order valence-corrected chi connectivity index (χ2v) is 6.26. The van der Waals surface area contributed by atoms with Crippen molar-refractivity contribution in [1.29, 1.82) is 0 Å². The molecule has 0 bridgehead atoms. The fourth-order valence-corrected chi connectivity index (χ4v) is 2.73. The third-order valence-electron chi connectivity index (χ3n) is 4.25. The second-order valence-electron chi connectivity index (χ2n) is 6.26. The van der Waals surface area contributed by atoms with Crippen molar-refractivity contribution in [2.24, 2.45) is 5.73 Å². The molecule has 0 spiro atoms. The Kier molecular flexibility index (Phi) is 6.03. The number of carbonyl (C=O) groups is 2. The number of nitrogens with two attached hydrogens (primary N) is 1. The average Bonchev–Trinajstić information content (AvgIpc) is 3.20. The molecule has 0 saturated heterocycles. The zero-order chi connectivity index (χ0) is 20.8. The lowest BCUT2D eigenvalue weighted by molar-refractivity contribution is -0.385. The van der Waals surface area contributed by atoms with E-state index in [1.165, 1.54) is 12.1 Å². The van der Waals surface area contributed by atoms with Gasteiger partial charge >= 0.3 is 5.97 Å². The minimum atomic E-state index is -0.773. The SMILES string of the molecule is NC(=O)c1ccc(COC(=O)CCc2ccc(-c3ccccc3)o2)c([N+](=O)[O-])c1. The Hall–Kier alpha value is -3.94. The van der Waals surface area contributed by atoms with Crippen LogP contribution in [0.25, 0.3) is 11.3 Å². The fraction of sp³-hybridized carbons (Fsp3) is 0.143. The number of carbonyl (C=O) groups excluding carboxylic acids is 2. The summed E-state index contributed by atoms with van der Waals surface area (Å²) in [4.78, 5) is 33.7. The smallest absolute Gasteiger partial charge is 0.306 e. The van der Waals surface area contributed by atoms with Crippen molar-refractivity contribution >= 4 is 17.6 Å². The van der Waals surface area contributed by atoms with Crippen LogP contribution in [0.3, 0.4) is 0 Å². The normalized spacial score (nSPS) is 10.5. The van der Waals surface area contributed by atoms with Gasteiger partial charge in [0.1, 0.15) is 18.1 Å². The molecule has 8 heteroatoms. The number of esters is 1. The summed E-state index contributed by atoms with van der Waals surface area (Å²) in [6.45, 7) is -0.276. The van der Waals surface area contributed by atoms with Crippen LogP contribution in [0.4, 0.5) is 5.69 Å². The number of amides is 1. The number of nitro groups is 1. The van der Waals surface area contributed by atoms with Gasteiger partial charge in [0.2, 0.25) is 5.91 Å². The van der Waals surface area contributed by atoms with Gasteiger partial charge < -0.3 is 14.9 Å². The summed E-state index contributed by atoms with van der Waals surface area (Å²) in [6, 6.07) is 17.0. The van der Waals surface area contributed by atoms with E-state index in [-0.39, 0.29) is 29.8 Å². The van der Waals surface area contributed by atoms with Crippen LogP contribution in [0.5, 0.6) is 0 Å². The first-order valence-corrected chi connectivity index (χ1v) is 8.81. The molecular formula is C21H18N2O6. The van der Waals surface area contributed by atoms with Gasteiger partial charge in [-0.25, -0.2) is 0 Å². The van der Waals surface area contributed by atoms with Crippen LogP contribution < -0.4 is 5.73 Å². The van der Waals surface area contributed by atoms with Crippen LogP contribution in [0.2, 0.25) is 0 Å². The van der Waals surface area contributed by atoms with E-state index in [9.17, 15) is 19.7 Å². The number of hydrogen-bond acceptors (Lipinski definition) is 6. The minimum Gasteiger partial charge on any atom is -0.461 e. The van der Waals surface area contributed by atoms with Crippen LogP contribution in [-0.4, -0.2) is 16.8 Å². The van der Waals surface area contributed by atoms with Gasteiger partial charge in [0.25, 0.3) is 5.69 Å². The Balaban J connectivity index is 1.56. The van der Waals surface area contributed by atoms with Crippen molar-refractivity contribution in [1.82, 2.24) is 0 Å². The molecule has 1 amide bonds. The number of primary amides is 1. The number of ether oxygens (including phenoxy) is 1. The van der Waals surface area contributed by atoms with Crippen LogP contribution in [-0.2, 0) is 22.6 Å². The van der Waals surface area contributed by atoms with Gasteiger partial charge in [-0.05, 0) is 24.3 Å². The zero-order valence-electron chi connectivity index (χ0n) is 15.4. The lowest BCUT2D eigenvalue weighted by atomic mass is 10.1. The van der Waals surface area contributed by atoms with Crippen LogP contribution in [0.1, 0.15) is 28.1 Å². The van der Waals surface area contributed by atoms with E-state index >= 15 is 0 Å². The van der Waals surface area contributed by atoms with Gasteiger partial charge in [-0.15, -0.1) is 0 Å². The Morgan fingerprint density at radius 1 is 1.07 bits per heavy atom. The first kappa shape index (κ1) is 19.8. The van der Waals surface area contributed by atoms with Crippen molar-refractivity contribution in [3.8, 4) is 11.3 Å². The molecule has 3 aromatic rings. The molecule has 2 aromatic carbocycles. The topological polar surface area (TPSA) is 126 Å². The molecule has 148 valence electrons. The Morgan fingerprint density at radius 2 is 1.83 bits per heavy atom. The molecule has 1 heterocycles. The summed E-state index contributed by atoms with van der Waals surface area (Å²) >= 11 is 0. The summed E-state index contributed by atoms with van der Waals surface area (Å²) in [5, 5.41) is 11.2. The Labute approximate surface area is 166 Å². The van der Waals surface area contributed by atoms with E-state index in [0.29, 0.717) is 17.9 Å².